The van der Waals surface area contributed by atoms with Gasteiger partial charge in [0.15, 0.2) is 0 Å². The van der Waals surface area contributed by atoms with Crippen LogP contribution in [0.25, 0.3) is 0 Å². The molecule has 2 aromatic rings. The molecule has 0 radical (unpaired) electrons. The molecule has 1 aliphatic rings. The third-order valence-electron chi connectivity index (χ3n) is 6.95. The van der Waals surface area contributed by atoms with Gasteiger partial charge in [-0.1, -0.05) is 60.7 Å². The monoisotopic (exact) mass is 570 g/mol. The molecule has 2 amide bonds. The van der Waals surface area contributed by atoms with Crippen molar-refractivity contribution in [2.24, 2.45) is 5.92 Å². The van der Waals surface area contributed by atoms with Crippen molar-refractivity contribution < 1.29 is 14.3 Å². The number of unbranched alkanes of at least 4 members (excludes halogenated alkanes) is 2. The zero-order chi connectivity index (χ0) is 28.3. The van der Waals surface area contributed by atoms with Gasteiger partial charge >= 0.3 is 6.09 Å². The van der Waals surface area contributed by atoms with Gasteiger partial charge in [-0.25, -0.2) is 4.79 Å². The van der Waals surface area contributed by atoms with Crippen LogP contribution in [-0.2, 0) is 21.0 Å². The lowest BCUT2D eigenvalue weighted by atomic mass is 9.97. The van der Waals surface area contributed by atoms with Crippen molar-refractivity contribution in [3.05, 3.63) is 71.8 Å². The zero-order valence-electron chi connectivity index (χ0n) is 24.3. The minimum absolute atomic E-state index is 0.0530. The first-order valence-electron chi connectivity index (χ1n) is 14.1. The lowest BCUT2D eigenvalue weighted by molar-refractivity contribution is -0.131. The fraction of sp³-hybridized carbons (Fsp3) is 0.562. The molecule has 1 saturated heterocycles. The molecule has 1 aliphatic heterocycles. The van der Waals surface area contributed by atoms with E-state index in [0.717, 1.165) is 49.5 Å². The Morgan fingerprint density at radius 2 is 1.54 bits per heavy atom. The Balaban J connectivity index is 1.54. The maximum atomic E-state index is 13.7. The Kier molecular flexibility index (Phi) is 12.1. The Labute approximate surface area is 244 Å². The standard InChI is InChI=1S/C32H46N2O3S2/c1-31(2,3)37-30(36)33-19-13-8-14-20-34-28(32(4,5)39-23-26-17-11-7-12-18-26)21-27(29(34)35)24-38-22-25-15-9-6-10-16-25/h6-7,9-12,15-18,27-28H,8,13-14,19-24H2,1-5H3,(H,33,36)/t27-,28+/m1/s1. The van der Waals surface area contributed by atoms with Gasteiger partial charge < -0.3 is 15.0 Å². The second-order valence-corrected chi connectivity index (χ2v) is 14.5. The summed E-state index contributed by atoms with van der Waals surface area (Å²) in [7, 11) is 0. The van der Waals surface area contributed by atoms with Crippen LogP contribution in [0.3, 0.4) is 0 Å². The van der Waals surface area contributed by atoms with E-state index in [9.17, 15) is 9.59 Å². The molecule has 2 aromatic carbocycles. The average molecular weight is 571 g/mol. The molecule has 0 aliphatic carbocycles. The molecule has 1 fully saturated rings. The maximum Gasteiger partial charge on any atom is 0.407 e. The molecule has 5 nitrogen and oxygen atoms in total. The van der Waals surface area contributed by atoms with E-state index in [1.54, 1.807) is 0 Å². The van der Waals surface area contributed by atoms with Gasteiger partial charge in [0.2, 0.25) is 5.91 Å². The van der Waals surface area contributed by atoms with Crippen molar-refractivity contribution in [3.63, 3.8) is 0 Å². The van der Waals surface area contributed by atoms with Gasteiger partial charge in [-0.3, -0.25) is 4.79 Å². The summed E-state index contributed by atoms with van der Waals surface area (Å²) in [6, 6.07) is 21.3. The van der Waals surface area contributed by atoms with Crippen molar-refractivity contribution in [2.75, 3.05) is 18.8 Å². The van der Waals surface area contributed by atoms with Crippen LogP contribution in [-0.4, -0.2) is 52.1 Å². The minimum Gasteiger partial charge on any atom is -0.444 e. The quantitative estimate of drug-likeness (QED) is 0.238. The Morgan fingerprint density at radius 3 is 2.15 bits per heavy atom. The molecule has 2 atom stereocenters. The van der Waals surface area contributed by atoms with Gasteiger partial charge in [0.25, 0.3) is 0 Å². The molecular weight excluding hydrogens is 524 g/mol. The number of nitrogens with one attached hydrogen (secondary N) is 1. The molecule has 7 heteroatoms. The first kappa shape index (κ1) is 31.4. The van der Waals surface area contributed by atoms with Crippen LogP contribution in [0.4, 0.5) is 4.79 Å². The van der Waals surface area contributed by atoms with Gasteiger partial charge in [0.1, 0.15) is 5.60 Å². The van der Waals surface area contributed by atoms with Crippen molar-refractivity contribution in [1.29, 1.82) is 0 Å². The SMILES string of the molecule is CC(C)(C)OC(=O)NCCCCCN1C(=O)[C@@H](CSCc2ccccc2)C[C@H]1C(C)(C)SCc1ccccc1. The molecule has 1 heterocycles. The Morgan fingerprint density at radius 1 is 0.923 bits per heavy atom. The second kappa shape index (κ2) is 15.0. The van der Waals surface area contributed by atoms with Gasteiger partial charge in [-0.05, 0) is 71.4 Å². The molecule has 39 heavy (non-hydrogen) atoms. The molecule has 0 saturated carbocycles. The summed E-state index contributed by atoms with van der Waals surface area (Å²) in [6.45, 7) is 11.6. The lowest BCUT2D eigenvalue weighted by Crippen LogP contribution is -2.45. The number of ether oxygens (including phenoxy) is 1. The molecule has 0 unspecified atom stereocenters. The molecular formula is C32H46N2O3S2. The topological polar surface area (TPSA) is 58.6 Å². The van der Waals surface area contributed by atoms with Crippen LogP contribution in [0.2, 0.25) is 0 Å². The van der Waals surface area contributed by atoms with Crippen LogP contribution in [0.15, 0.2) is 60.7 Å². The third kappa shape index (κ3) is 10.8. The number of amides is 2. The van der Waals surface area contributed by atoms with E-state index in [2.05, 4.69) is 78.7 Å². The molecule has 214 valence electrons. The number of thioether (sulfide) groups is 2. The molecule has 0 spiro atoms. The van der Waals surface area contributed by atoms with Crippen LogP contribution in [0.5, 0.6) is 0 Å². The van der Waals surface area contributed by atoms with Gasteiger partial charge in [0, 0.05) is 47.1 Å². The van der Waals surface area contributed by atoms with Gasteiger partial charge in [-0.15, -0.1) is 11.8 Å². The second-order valence-electron chi connectivity index (χ2n) is 11.8. The summed E-state index contributed by atoms with van der Waals surface area (Å²) >= 11 is 3.82. The first-order chi connectivity index (χ1) is 18.5. The third-order valence-corrected chi connectivity index (χ3v) is 9.62. The number of rotatable bonds is 14. The van der Waals surface area contributed by atoms with E-state index in [1.165, 1.54) is 11.1 Å². The summed E-state index contributed by atoms with van der Waals surface area (Å²) in [5.74, 6) is 3.11. The summed E-state index contributed by atoms with van der Waals surface area (Å²) in [4.78, 5) is 27.7. The molecule has 1 N–H and O–H groups in total. The summed E-state index contributed by atoms with van der Waals surface area (Å²) < 4.78 is 5.26. The number of benzene rings is 2. The maximum absolute atomic E-state index is 13.7. The number of likely N-dealkylation sites (tertiary alicyclic amines) is 1. The predicted molar refractivity (Wildman–Crippen MR) is 166 cm³/mol. The summed E-state index contributed by atoms with van der Waals surface area (Å²) in [5.41, 5.74) is 2.13. The van der Waals surface area contributed by atoms with E-state index in [4.69, 9.17) is 4.74 Å². The minimum atomic E-state index is -0.490. The Bertz CT molecular complexity index is 1020. The van der Waals surface area contributed by atoms with E-state index in [0.29, 0.717) is 12.5 Å². The first-order valence-corrected chi connectivity index (χ1v) is 16.3. The average Bonchev–Trinajstić information content (AvgIpc) is 3.21. The highest BCUT2D eigenvalue weighted by molar-refractivity contribution is 8.00. The summed E-state index contributed by atoms with van der Waals surface area (Å²) in [6.07, 6.45) is 3.30. The largest absolute Gasteiger partial charge is 0.444 e. The van der Waals surface area contributed by atoms with Crippen molar-refractivity contribution in [1.82, 2.24) is 10.2 Å². The fourth-order valence-electron chi connectivity index (χ4n) is 4.87. The smallest absolute Gasteiger partial charge is 0.407 e. The normalized spacial score (nSPS) is 17.9. The van der Waals surface area contributed by atoms with Crippen molar-refractivity contribution in [2.45, 2.75) is 88.2 Å². The Hall–Kier alpha value is -2.12. The predicted octanol–water partition coefficient (Wildman–Crippen LogP) is 7.54. The molecule has 3 rings (SSSR count). The van der Waals surface area contributed by atoms with Crippen LogP contribution in [0.1, 0.15) is 71.4 Å². The number of hydrogen-bond acceptors (Lipinski definition) is 5. The number of nitrogens with zero attached hydrogens (tertiary/aromatic N) is 1. The highest BCUT2D eigenvalue weighted by Gasteiger charge is 2.46. The number of carbonyl (C=O) groups is 2. The number of hydrogen-bond donors (Lipinski definition) is 1. The van der Waals surface area contributed by atoms with Crippen LogP contribution in [0, 0.1) is 5.92 Å². The molecule has 0 aromatic heterocycles. The van der Waals surface area contributed by atoms with Crippen molar-refractivity contribution >= 4 is 35.5 Å². The molecule has 0 bridgehead atoms. The van der Waals surface area contributed by atoms with E-state index in [-0.39, 0.29) is 22.8 Å². The highest BCUT2D eigenvalue weighted by atomic mass is 32.2. The van der Waals surface area contributed by atoms with Crippen molar-refractivity contribution in [3.8, 4) is 0 Å². The number of alkyl carbamates (subject to hydrolysis) is 1. The highest BCUT2D eigenvalue weighted by Crippen LogP contribution is 2.42. The zero-order valence-corrected chi connectivity index (χ0v) is 25.9. The van der Waals surface area contributed by atoms with Gasteiger partial charge in [-0.2, -0.15) is 11.8 Å². The lowest BCUT2D eigenvalue weighted by Gasteiger charge is -2.37. The van der Waals surface area contributed by atoms with Crippen LogP contribution >= 0.6 is 23.5 Å². The van der Waals surface area contributed by atoms with E-state index >= 15 is 0 Å². The number of carbonyl (C=O) groups excluding carboxylic acids is 2. The van der Waals surface area contributed by atoms with E-state index < -0.39 is 5.60 Å². The summed E-state index contributed by atoms with van der Waals surface area (Å²) in [5, 5.41) is 2.84. The van der Waals surface area contributed by atoms with E-state index in [1.807, 2.05) is 50.4 Å². The van der Waals surface area contributed by atoms with Crippen LogP contribution < -0.4 is 5.32 Å². The van der Waals surface area contributed by atoms with Gasteiger partial charge in [0.05, 0.1) is 0 Å². The fourth-order valence-corrected chi connectivity index (χ4v) is 7.13.